The molecule has 4 nitrogen and oxygen atoms in total. The van der Waals surface area contributed by atoms with E-state index in [0.717, 1.165) is 16.3 Å². The second-order valence-corrected chi connectivity index (χ2v) is 5.30. The summed E-state index contributed by atoms with van der Waals surface area (Å²) in [5, 5.41) is 6.96. The number of hydrazone groups is 1. The molecule has 6 heteroatoms. The van der Waals surface area contributed by atoms with Crippen LogP contribution in [0.1, 0.15) is 10.6 Å². The Morgan fingerprint density at radius 1 is 1.32 bits per heavy atom. The van der Waals surface area contributed by atoms with E-state index in [-0.39, 0.29) is 0 Å². The second kappa shape index (κ2) is 6.40. The first-order valence-corrected chi connectivity index (χ1v) is 6.97. The molecule has 0 aliphatic heterocycles. The van der Waals surface area contributed by atoms with Crippen LogP contribution in [0.5, 0.6) is 0 Å². The average molecular weight is 290 g/mol. The zero-order valence-corrected chi connectivity index (χ0v) is 12.3. The fourth-order valence-electron chi connectivity index (χ4n) is 1.36. The molecular formula is C13H14N4S2. The lowest BCUT2D eigenvalue weighted by molar-refractivity contribution is 0.606. The summed E-state index contributed by atoms with van der Waals surface area (Å²) in [5.41, 5.74) is 4.49. The van der Waals surface area contributed by atoms with Gasteiger partial charge in [-0.2, -0.15) is 5.10 Å². The zero-order chi connectivity index (χ0) is 13.7. The predicted molar refractivity (Wildman–Crippen MR) is 83.6 cm³/mol. The van der Waals surface area contributed by atoms with Crippen LogP contribution in [0, 0.1) is 0 Å². The summed E-state index contributed by atoms with van der Waals surface area (Å²) >= 11 is 6.78. The summed E-state index contributed by atoms with van der Waals surface area (Å²) < 4.78 is 0. The summed E-state index contributed by atoms with van der Waals surface area (Å²) in [7, 11) is 3.74. The van der Waals surface area contributed by atoms with Crippen molar-refractivity contribution in [3.8, 4) is 0 Å². The van der Waals surface area contributed by atoms with Crippen molar-refractivity contribution in [2.75, 3.05) is 14.1 Å². The highest BCUT2D eigenvalue weighted by molar-refractivity contribution is 7.80. The Morgan fingerprint density at radius 2 is 2.16 bits per heavy atom. The fraction of sp³-hybridized carbons (Fsp3) is 0.154. The van der Waals surface area contributed by atoms with Gasteiger partial charge in [-0.25, -0.2) is 0 Å². The number of aromatic nitrogens is 1. The van der Waals surface area contributed by atoms with Gasteiger partial charge in [-0.3, -0.25) is 10.4 Å². The summed E-state index contributed by atoms with van der Waals surface area (Å²) in [6.45, 7) is 0. The molecule has 2 rings (SSSR count). The summed E-state index contributed by atoms with van der Waals surface area (Å²) in [4.78, 5) is 7.18. The molecule has 98 valence electrons. The Labute approximate surface area is 121 Å². The number of thiophene rings is 1. The normalized spacial score (nSPS) is 11.2. The minimum absolute atomic E-state index is 0.560. The van der Waals surface area contributed by atoms with Crippen molar-refractivity contribution in [3.63, 3.8) is 0 Å². The van der Waals surface area contributed by atoms with E-state index in [1.54, 1.807) is 22.4 Å². The molecule has 2 heterocycles. The van der Waals surface area contributed by atoms with Crippen LogP contribution in [-0.2, 0) is 0 Å². The number of hydrogen-bond donors (Lipinski definition) is 1. The molecule has 0 aliphatic carbocycles. The van der Waals surface area contributed by atoms with Crippen LogP contribution in [0.2, 0.25) is 0 Å². The van der Waals surface area contributed by atoms with Crippen LogP contribution in [0.25, 0.3) is 0 Å². The van der Waals surface area contributed by atoms with Crippen molar-refractivity contribution in [2.45, 2.75) is 0 Å². The molecule has 2 aromatic heterocycles. The van der Waals surface area contributed by atoms with E-state index in [0.29, 0.717) is 5.11 Å². The smallest absolute Gasteiger partial charge is 0.189 e. The van der Waals surface area contributed by atoms with Crippen LogP contribution in [0.3, 0.4) is 0 Å². The Morgan fingerprint density at radius 3 is 2.74 bits per heavy atom. The van der Waals surface area contributed by atoms with Crippen molar-refractivity contribution in [3.05, 3.63) is 52.5 Å². The molecule has 0 spiro atoms. The Bertz CT molecular complexity index is 562. The number of nitrogens with one attached hydrogen (secondary N) is 1. The van der Waals surface area contributed by atoms with Crippen LogP contribution in [0.4, 0.5) is 0 Å². The van der Waals surface area contributed by atoms with Gasteiger partial charge in [0.1, 0.15) is 5.71 Å². The van der Waals surface area contributed by atoms with E-state index in [1.165, 1.54) is 0 Å². The van der Waals surface area contributed by atoms with Crippen LogP contribution in [-0.4, -0.2) is 34.8 Å². The molecule has 0 saturated carbocycles. The van der Waals surface area contributed by atoms with Gasteiger partial charge < -0.3 is 4.90 Å². The number of thiocarbonyl (C=S) groups is 1. The number of nitrogens with zero attached hydrogens (tertiary/aromatic N) is 3. The van der Waals surface area contributed by atoms with Gasteiger partial charge >= 0.3 is 0 Å². The molecule has 0 unspecified atom stereocenters. The minimum atomic E-state index is 0.560. The van der Waals surface area contributed by atoms with E-state index < -0.39 is 0 Å². The Balaban J connectivity index is 2.31. The van der Waals surface area contributed by atoms with Gasteiger partial charge in [0.2, 0.25) is 0 Å². The molecule has 0 amide bonds. The van der Waals surface area contributed by atoms with E-state index in [1.807, 2.05) is 49.8 Å². The maximum absolute atomic E-state index is 5.17. The summed E-state index contributed by atoms with van der Waals surface area (Å²) in [6, 6.07) is 9.75. The number of rotatable bonds is 3. The van der Waals surface area contributed by atoms with Crippen molar-refractivity contribution in [1.29, 1.82) is 0 Å². The zero-order valence-electron chi connectivity index (χ0n) is 10.7. The number of hydrogen-bond acceptors (Lipinski definition) is 4. The van der Waals surface area contributed by atoms with Gasteiger partial charge in [-0.05, 0) is 35.8 Å². The lowest BCUT2D eigenvalue weighted by atomic mass is 10.2. The van der Waals surface area contributed by atoms with Crippen molar-refractivity contribution in [2.24, 2.45) is 5.10 Å². The first-order valence-electron chi connectivity index (χ1n) is 5.69. The molecule has 1 N–H and O–H groups in total. The first kappa shape index (κ1) is 13.6. The highest BCUT2D eigenvalue weighted by Crippen LogP contribution is 2.14. The third kappa shape index (κ3) is 3.59. The van der Waals surface area contributed by atoms with Crippen LogP contribution < -0.4 is 5.43 Å². The fourth-order valence-corrected chi connectivity index (χ4v) is 2.13. The van der Waals surface area contributed by atoms with Gasteiger partial charge in [-0.1, -0.05) is 12.1 Å². The number of pyridine rings is 1. The Kier molecular flexibility index (Phi) is 4.59. The molecule has 2 aromatic rings. The van der Waals surface area contributed by atoms with Crippen LogP contribution >= 0.6 is 23.6 Å². The minimum Gasteiger partial charge on any atom is -0.354 e. The third-order valence-corrected chi connectivity index (χ3v) is 3.66. The monoisotopic (exact) mass is 290 g/mol. The first-order chi connectivity index (χ1) is 9.18. The highest BCUT2D eigenvalue weighted by Gasteiger charge is 2.09. The molecule has 0 fully saturated rings. The van der Waals surface area contributed by atoms with E-state index in [4.69, 9.17) is 12.2 Å². The molecule has 0 aliphatic rings. The van der Waals surface area contributed by atoms with Gasteiger partial charge in [0.25, 0.3) is 0 Å². The van der Waals surface area contributed by atoms with Gasteiger partial charge in [-0.15, -0.1) is 11.3 Å². The van der Waals surface area contributed by atoms with Gasteiger partial charge in [0.05, 0.1) is 10.6 Å². The summed E-state index contributed by atoms with van der Waals surface area (Å²) in [5.74, 6) is 0. The molecule has 0 radical (unpaired) electrons. The molecule has 0 aromatic carbocycles. The molecule has 0 bridgehead atoms. The van der Waals surface area contributed by atoms with Gasteiger partial charge in [0, 0.05) is 20.3 Å². The Hall–Kier alpha value is -1.79. The topological polar surface area (TPSA) is 40.5 Å². The van der Waals surface area contributed by atoms with Crippen LogP contribution in [0.15, 0.2) is 47.0 Å². The van der Waals surface area contributed by atoms with E-state index in [2.05, 4.69) is 15.5 Å². The predicted octanol–water partition coefficient (Wildman–Crippen LogP) is 2.33. The standard InChI is InChI=1S/C13H14N4S2/c1-17(2)13(18)16-15-12(11-7-5-9-19-11)10-6-3-4-8-14-10/h3-9H,1-2H3,(H,16,18)/b15-12-. The van der Waals surface area contributed by atoms with E-state index in [9.17, 15) is 0 Å². The quantitative estimate of drug-likeness (QED) is 0.535. The maximum Gasteiger partial charge on any atom is 0.189 e. The largest absolute Gasteiger partial charge is 0.354 e. The maximum atomic E-state index is 5.17. The third-order valence-electron chi connectivity index (χ3n) is 2.33. The molecule has 0 atom stereocenters. The average Bonchev–Trinajstić information content (AvgIpc) is 2.94. The second-order valence-electron chi connectivity index (χ2n) is 3.96. The van der Waals surface area contributed by atoms with Crippen molar-refractivity contribution in [1.82, 2.24) is 15.3 Å². The highest BCUT2D eigenvalue weighted by atomic mass is 32.1. The summed E-state index contributed by atoms with van der Waals surface area (Å²) in [6.07, 6.45) is 1.75. The van der Waals surface area contributed by atoms with Crippen molar-refractivity contribution >= 4 is 34.4 Å². The SMILES string of the molecule is CN(C)C(=S)N/N=C(/c1ccccn1)c1cccs1. The molecule has 19 heavy (non-hydrogen) atoms. The van der Waals surface area contributed by atoms with Crippen molar-refractivity contribution < 1.29 is 0 Å². The van der Waals surface area contributed by atoms with Gasteiger partial charge in [0.15, 0.2) is 5.11 Å². The molecular weight excluding hydrogens is 276 g/mol. The lowest BCUT2D eigenvalue weighted by Gasteiger charge is -2.13. The lowest BCUT2D eigenvalue weighted by Crippen LogP contribution is -2.31. The molecule has 0 saturated heterocycles. The van der Waals surface area contributed by atoms with E-state index >= 15 is 0 Å².